The maximum Gasteiger partial charge on any atom is 0.314 e. The second kappa shape index (κ2) is 6.84. The first kappa shape index (κ1) is 17.4. The van der Waals surface area contributed by atoms with Gasteiger partial charge in [-0.15, -0.1) is 21.5 Å². The quantitative estimate of drug-likeness (QED) is 0.657. The molecule has 1 N–H and O–H groups in total. The molecule has 0 atom stereocenters. The lowest BCUT2D eigenvalue weighted by molar-refractivity contribution is 0.116. The van der Waals surface area contributed by atoms with E-state index in [4.69, 9.17) is 4.42 Å². The lowest BCUT2D eigenvalue weighted by Crippen LogP contribution is -2.32. The van der Waals surface area contributed by atoms with Gasteiger partial charge in [-0.3, -0.25) is 0 Å². The molecular formula is C12H12F2N6O3S2. The molecule has 3 aromatic rings. The molecule has 0 amide bonds. The first-order valence-corrected chi connectivity index (χ1v) is 9.38. The number of hydrogen-bond acceptors (Lipinski definition) is 8. The second-order valence-corrected chi connectivity index (χ2v) is 8.01. The third-order valence-corrected chi connectivity index (χ3v) is 5.82. The summed E-state index contributed by atoms with van der Waals surface area (Å²) in [7, 11) is -3.57. The van der Waals surface area contributed by atoms with Gasteiger partial charge in [-0.25, -0.2) is 22.7 Å². The number of nitrogens with zero attached hydrogens (tertiary/aromatic N) is 5. The van der Waals surface area contributed by atoms with E-state index >= 15 is 0 Å². The number of hydrogen-bond donors (Lipinski definition) is 1. The molecule has 0 aliphatic heterocycles. The molecule has 13 heteroatoms. The second-order valence-electron chi connectivity index (χ2n) is 4.71. The molecule has 0 aliphatic carbocycles. The third kappa shape index (κ3) is 3.66. The molecule has 3 aromatic heterocycles. The van der Waals surface area contributed by atoms with Gasteiger partial charge in [0.1, 0.15) is 15.7 Å². The Labute approximate surface area is 144 Å². The summed E-state index contributed by atoms with van der Waals surface area (Å²) in [5, 5.41) is 7.22. The summed E-state index contributed by atoms with van der Waals surface area (Å²) in [6, 6.07) is 0. The van der Waals surface area contributed by atoms with Crippen molar-refractivity contribution in [3.8, 4) is 10.8 Å². The topological polar surface area (TPSA) is 118 Å². The molecule has 0 fully saturated rings. The normalized spacial score (nSPS) is 12.0. The summed E-state index contributed by atoms with van der Waals surface area (Å²) in [5.41, 5.74) is 0. The number of thiazole rings is 1. The van der Waals surface area contributed by atoms with E-state index in [2.05, 4.69) is 25.1 Å². The van der Waals surface area contributed by atoms with E-state index in [-0.39, 0.29) is 18.2 Å². The number of halogens is 2. The van der Waals surface area contributed by atoms with E-state index in [1.54, 1.807) is 0 Å². The number of anilines is 1. The number of imidazole rings is 1. The molecule has 25 heavy (non-hydrogen) atoms. The highest BCUT2D eigenvalue weighted by atomic mass is 32.2. The van der Waals surface area contributed by atoms with Crippen LogP contribution < -0.4 is 4.31 Å². The van der Waals surface area contributed by atoms with E-state index < -0.39 is 22.3 Å². The summed E-state index contributed by atoms with van der Waals surface area (Å²) in [4.78, 5) is 11.0. The van der Waals surface area contributed by atoms with Crippen LogP contribution in [0, 0.1) is 0 Å². The van der Waals surface area contributed by atoms with Crippen LogP contribution in [-0.2, 0) is 16.6 Å². The minimum atomic E-state index is -3.57. The maximum absolute atomic E-state index is 12.5. The predicted molar refractivity (Wildman–Crippen MR) is 84.6 cm³/mol. The van der Waals surface area contributed by atoms with Crippen molar-refractivity contribution in [1.82, 2.24) is 25.1 Å². The summed E-state index contributed by atoms with van der Waals surface area (Å²) in [6.07, 6.45) is 1.26. The van der Waals surface area contributed by atoms with Crippen molar-refractivity contribution >= 4 is 27.2 Å². The molecule has 0 unspecified atom stereocenters. The average molecular weight is 390 g/mol. The van der Waals surface area contributed by atoms with Gasteiger partial charge in [0, 0.05) is 0 Å². The zero-order valence-corrected chi connectivity index (χ0v) is 14.4. The number of H-pyrrole nitrogens is 1. The number of rotatable bonds is 7. The molecule has 0 bridgehead atoms. The van der Waals surface area contributed by atoms with E-state index in [0.717, 1.165) is 15.6 Å². The van der Waals surface area contributed by atoms with Crippen molar-refractivity contribution < 1.29 is 21.6 Å². The van der Waals surface area contributed by atoms with Gasteiger partial charge in [0.25, 0.3) is 11.8 Å². The Kier molecular flexibility index (Phi) is 4.76. The maximum atomic E-state index is 12.5. The van der Waals surface area contributed by atoms with Crippen LogP contribution in [0.25, 0.3) is 10.8 Å². The van der Waals surface area contributed by atoms with Crippen molar-refractivity contribution in [3.05, 3.63) is 29.6 Å². The van der Waals surface area contributed by atoms with Crippen LogP contribution in [0.1, 0.15) is 24.2 Å². The van der Waals surface area contributed by atoms with Crippen molar-refractivity contribution in [2.45, 2.75) is 19.9 Å². The Morgan fingerprint density at radius 3 is 2.76 bits per heavy atom. The Balaban J connectivity index is 1.85. The van der Waals surface area contributed by atoms with E-state index in [1.165, 1.54) is 25.6 Å². The standard InChI is InChI=1S/C12H12F2N6O3S2/c1-2-25(21,22)20(8-4-15-6-17-8)5-9-16-3-7(24-9)11-18-19-12(23-11)10(13)14/h3-4,6,10H,2,5H2,1H3,(H,15,17). The molecule has 0 saturated heterocycles. The van der Waals surface area contributed by atoms with Gasteiger partial charge < -0.3 is 9.40 Å². The fourth-order valence-corrected chi connectivity index (χ4v) is 3.84. The number of alkyl halides is 2. The van der Waals surface area contributed by atoms with E-state index in [0.29, 0.717) is 15.7 Å². The Hall–Kier alpha value is -2.41. The highest BCUT2D eigenvalue weighted by Gasteiger charge is 2.24. The average Bonchev–Trinajstić information content (AvgIpc) is 3.31. The summed E-state index contributed by atoms with van der Waals surface area (Å²) in [5.74, 6) is -0.675. The Bertz CT molecular complexity index is 938. The zero-order chi connectivity index (χ0) is 18.0. The minimum absolute atomic E-state index is 0.0428. The molecule has 0 aromatic carbocycles. The summed E-state index contributed by atoms with van der Waals surface area (Å²) >= 11 is 1.07. The lowest BCUT2D eigenvalue weighted by Gasteiger charge is -2.20. The van der Waals surface area contributed by atoms with Crippen LogP contribution in [0.15, 0.2) is 23.1 Å². The molecule has 0 aliphatic rings. The lowest BCUT2D eigenvalue weighted by atomic mass is 10.5. The highest BCUT2D eigenvalue weighted by Crippen LogP contribution is 2.29. The smallest absolute Gasteiger partial charge is 0.314 e. The van der Waals surface area contributed by atoms with Gasteiger partial charge in [0.05, 0.1) is 31.0 Å². The van der Waals surface area contributed by atoms with Crippen LogP contribution in [0.5, 0.6) is 0 Å². The van der Waals surface area contributed by atoms with Gasteiger partial charge in [-0.2, -0.15) is 8.78 Å². The van der Waals surface area contributed by atoms with Crippen LogP contribution >= 0.6 is 11.3 Å². The molecule has 9 nitrogen and oxygen atoms in total. The first-order chi connectivity index (χ1) is 11.9. The molecular weight excluding hydrogens is 378 g/mol. The van der Waals surface area contributed by atoms with Gasteiger partial charge in [0.2, 0.25) is 10.0 Å². The molecule has 3 rings (SSSR count). The minimum Gasteiger partial charge on any atom is -0.414 e. The number of aromatic nitrogens is 5. The Morgan fingerprint density at radius 2 is 2.16 bits per heavy atom. The van der Waals surface area contributed by atoms with Crippen molar-refractivity contribution in [1.29, 1.82) is 0 Å². The molecule has 134 valence electrons. The fourth-order valence-electron chi connectivity index (χ4n) is 1.90. The van der Waals surface area contributed by atoms with Crippen LogP contribution in [0.4, 0.5) is 14.6 Å². The largest absolute Gasteiger partial charge is 0.414 e. The molecule has 0 spiro atoms. The summed E-state index contributed by atoms with van der Waals surface area (Å²) in [6.45, 7) is 1.48. The monoisotopic (exact) mass is 390 g/mol. The predicted octanol–water partition coefficient (Wildman–Crippen LogP) is 2.21. The molecule has 0 radical (unpaired) electrons. The van der Waals surface area contributed by atoms with Gasteiger partial charge in [-0.1, -0.05) is 0 Å². The first-order valence-electron chi connectivity index (χ1n) is 6.96. The summed E-state index contributed by atoms with van der Waals surface area (Å²) < 4.78 is 55.6. The molecule has 3 heterocycles. The third-order valence-electron chi connectivity index (χ3n) is 3.12. The number of aromatic amines is 1. The number of sulfonamides is 1. The number of nitrogens with one attached hydrogen (secondary N) is 1. The van der Waals surface area contributed by atoms with Crippen molar-refractivity contribution in [3.63, 3.8) is 0 Å². The molecule has 0 saturated carbocycles. The van der Waals surface area contributed by atoms with Crippen molar-refractivity contribution in [2.75, 3.05) is 10.1 Å². The van der Waals surface area contributed by atoms with Crippen molar-refractivity contribution in [2.24, 2.45) is 0 Å². The van der Waals surface area contributed by atoms with E-state index in [1.807, 2.05) is 0 Å². The highest BCUT2D eigenvalue weighted by molar-refractivity contribution is 7.92. The van der Waals surface area contributed by atoms with E-state index in [9.17, 15) is 17.2 Å². The van der Waals surface area contributed by atoms with Crippen LogP contribution in [-0.4, -0.2) is 39.3 Å². The van der Waals surface area contributed by atoms with Crippen LogP contribution in [0.2, 0.25) is 0 Å². The van der Waals surface area contributed by atoms with Gasteiger partial charge in [-0.05, 0) is 6.92 Å². The zero-order valence-electron chi connectivity index (χ0n) is 12.8. The SMILES string of the molecule is CCS(=O)(=O)N(Cc1ncc(-c2nnc(C(F)F)o2)s1)c1cnc[nH]1. The van der Waals surface area contributed by atoms with Gasteiger partial charge >= 0.3 is 6.43 Å². The van der Waals surface area contributed by atoms with Gasteiger partial charge in [0.15, 0.2) is 0 Å². The fraction of sp³-hybridized carbons (Fsp3) is 0.333. The Morgan fingerprint density at radius 1 is 1.36 bits per heavy atom. The van der Waals surface area contributed by atoms with Crippen LogP contribution in [0.3, 0.4) is 0 Å².